The third kappa shape index (κ3) is 2.09. The van der Waals surface area contributed by atoms with Crippen molar-refractivity contribution in [1.29, 1.82) is 0 Å². The fourth-order valence-corrected chi connectivity index (χ4v) is 3.72. The van der Waals surface area contributed by atoms with Gasteiger partial charge in [-0.2, -0.15) is 0 Å². The number of aromatic nitrogens is 3. The smallest absolute Gasteiger partial charge is 0.144 e. The van der Waals surface area contributed by atoms with Crippen molar-refractivity contribution in [3.05, 3.63) is 47.5 Å². The molecule has 21 heavy (non-hydrogen) atoms. The third-order valence-electron chi connectivity index (χ3n) is 4.99. The normalized spacial score (nSPS) is 21.4. The summed E-state index contributed by atoms with van der Waals surface area (Å²) in [6, 6.07) is 11.5. The zero-order valence-electron chi connectivity index (χ0n) is 12.5. The van der Waals surface area contributed by atoms with E-state index < -0.39 is 0 Å². The van der Waals surface area contributed by atoms with Crippen LogP contribution >= 0.6 is 0 Å². The van der Waals surface area contributed by atoms with Gasteiger partial charge in [0.15, 0.2) is 0 Å². The van der Waals surface area contributed by atoms with Gasteiger partial charge < -0.3 is 9.88 Å². The molecule has 2 aliphatic rings. The first-order valence-corrected chi connectivity index (χ1v) is 7.99. The SMILES string of the molecule is Cc1nnc(C2(c3ccccc3)CCNCC2)n1C1CC1. The van der Waals surface area contributed by atoms with Gasteiger partial charge in [0.25, 0.3) is 0 Å². The van der Waals surface area contributed by atoms with Gasteiger partial charge in [-0.05, 0) is 51.3 Å². The minimum Gasteiger partial charge on any atom is -0.317 e. The van der Waals surface area contributed by atoms with Crippen molar-refractivity contribution in [1.82, 2.24) is 20.1 Å². The molecule has 0 unspecified atom stereocenters. The van der Waals surface area contributed by atoms with Gasteiger partial charge >= 0.3 is 0 Å². The van der Waals surface area contributed by atoms with Crippen molar-refractivity contribution in [2.45, 2.75) is 44.1 Å². The molecule has 2 heterocycles. The molecule has 1 aliphatic heterocycles. The number of benzene rings is 1. The molecule has 1 aliphatic carbocycles. The van der Waals surface area contributed by atoms with Crippen LogP contribution in [-0.2, 0) is 5.41 Å². The summed E-state index contributed by atoms with van der Waals surface area (Å²) >= 11 is 0. The number of rotatable bonds is 3. The van der Waals surface area contributed by atoms with E-state index in [9.17, 15) is 0 Å². The van der Waals surface area contributed by atoms with Crippen molar-refractivity contribution < 1.29 is 0 Å². The second-order valence-electron chi connectivity index (χ2n) is 6.37. The highest BCUT2D eigenvalue weighted by molar-refractivity contribution is 5.35. The third-order valence-corrected chi connectivity index (χ3v) is 4.99. The lowest BCUT2D eigenvalue weighted by atomic mass is 9.72. The lowest BCUT2D eigenvalue weighted by Gasteiger charge is -2.37. The van der Waals surface area contributed by atoms with Crippen LogP contribution in [0.15, 0.2) is 30.3 Å². The van der Waals surface area contributed by atoms with Crippen molar-refractivity contribution in [3.63, 3.8) is 0 Å². The predicted molar refractivity (Wildman–Crippen MR) is 82.4 cm³/mol. The van der Waals surface area contributed by atoms with Gasteiger partial charge in [-0.1, -0.05) is 30.3 Å². The lowest BCUT2D eigenvalue weighted by molar-refractivity contribution is 0.333. The Morgan fingerprint density at radius 2 is 1.81 bits per heavy atom. The Labute approximate surface area is 125 Å². The molecule has 1 aromatic carbocycles. The van der Waals surface area contributed by atoms with Crippen LogP contribution in [-0.4, -0.2) is 27.9 Å². The summed E-state index contributed by atoms with van der Waals surface area (Å²) in [6.07, 6.45) is 4.74. The summed E-state index contributed by atoms with van der Waals surface area (Å²) in [4.78, 5) is 0. The quantitative estimate of drug-likeness (QED) is 0.941. The van der Waals surface area contributed by atoms with Crippen molar-refractivity contribution in [3.8, 4) is 0 Å². The Balaban J connectivity index is 1.87. The molecular weight excluding hydrogens is 260 g/mol. The number of hydrogen-bond acceptors (Lipinski definition) is 3. The van der Waals surface area contributed by atoms with E-state index in [1.165, 1.54) is 24.2 Å². The van der Waals surface area contributed by atoms with Crippen molar-refractivity contribution in [2.75, 3.05) is 13.1 Å². The minimum atomic E-state index is 0.0242. The summed E-state index contributed by atoms with van der Waals surface area (Å²) in [5.41, 5.74) is 1.41. The highest BCUT2D eigenvalue weighted by atomic mass is 15.3. The lowest BCUT2D eigenvalue weighted by Crippen LogP contribution is -2.42. The van der Waals surface area contributed by atoms with E-state index in [4.69, 9.17) is 0 Å². The Hall–Kier alpha value is -1.68. The largest absolute Gasteiger partial charge is 0.317 e. The molecule has 0 bridgehead atoms. The van der Waals surface area contributed by atoms with E-state index in [0.717, 1.165) is 31.8 Å². The molecule has 0 radical (unpaired) electrons. The first-order chi connectivity index (χ1) is 10.3. The van der Waals surface area contributed by atoms with Gasteiger partial charge in [-0.3, -0.25) is 0 Å². The van der Waals surface area contributed by atoms with Crippen LogP contribution in [0.2, 0.25) is 0 Å². The van der Waals surface area contributed by atoms with Crippen LogP contribution in [0.1, 0.15) is 48.9 Å². The van der Waals surface area contributed by atoms with Gasteiger partial charge in [-0.25, -0.2) is 0 Å². The molecule has 4 heteroatoms. The molecule has 2 aromatic rings. The van der Waals surface area contributed by atoms with E-state index in [-0.39, 0.29) is 5.41 Å². The standard InChI is InChI=1S/C17H22N4/c1-13-19-20-16(21(13)15-7-8-15)17(9-11-18-12-10-17)14-5-3-2-4-6-14/h2-6,15,18H,7-12H2,1H3. The summed E-state index contributed by atoms with van der Waals surface area (Å²) in [7, 11) is 0. The van der Waals surface area contributed by atoms with E-state index in [2.05, 4.69) is 57.3 Å². The average molecular weight is 282 g/mol. The van der Waals surface area contributed by atoms with Crippen LogP contribution in [0.25, 0.3) is 0 Å². The Bertz CT molecular complexity index is 621. The molecule has 1 saturated carbocycles. The van der Waals surface area contributed by atoms with Gasteiger partial charge in [0.2, 0.25) is 0 Å². The van der Waals surface area contributed by atoms with Gasteiger partial charge in [0, 0.05) is 6.04 Å². The summed E-state index contributed by atoms with van der Waals surface area (Å²) in [5, 5.41) is 12.5. The first kappa shape index (κ1) is 13.0. The molecule has 0 amide bonds. The van der Waals surface area contributed by atoms with E-state index in [1.54, 1.807) is 0 Å². The maximum absolute atomic E-state index is 4.63. The molecule has 110 valence electrons. The summed E-state index contributed by atoms with van der Waals surface area (Å²) in [5.74, 6) is 2.26. The van der Waals surface area contributed by atoms with Gasteiger partial charge in [0.05, 0.1) is 5.41 Å². The highest BCUT2D eigenvalue weighted by Gasteiger charge is 2.42. The molecule has 0 spiro atoms. The highest BCUT2D eigenvalue weighted by Crippen LogP contribution is 2.44. The maximum Gasteiger partial charge on any atom is 0.144 e. The number of hydrogen-bond donors (Lipinski definition) is 1. The molecule has 4 nitrogen and oxygen atoms in total. The van der Waals surface area contributed by atoms with Crippen molar-refractivity contribution >= 4 is 0 Å². The second-order valence-corrected chi connectivity index (χ2v) is 6.37. The average Bonchev–Trinajstić information content (AvgIpc) is 3.31. The first-order valence-electron chi connectivity index (χ1n) is 7.99. The van der Waals surface area contributed by atoms with E-state index in [1.807, 2.05) is 0 Å². The summed E-state index contributed by atoms with van der Waals surface area (Å²) < 4.78 is 2.42. The maximum atomic E-state index is 4.63. The molecule has 0 atom stereocenters. The van der Waals surface area contributed by atoms with Gasteiger partial charge in [-0.15, -0.1) is 10.2 Å². The second kappa shape index (κ2) is 4.95. The summed E-state index contributed by atoms with van der Waals surface area (Å²) in [6.45, 7) is 4.19. The number of piperidine rings is 1. The fraction of sp³-hybridized carbons (Fsp3) is 0.529. The molecule has 1 saturated heterocycles. The molecule has 1 N–H and O–H groups in total. The fourth-order valence-electron chi connectivity index (χ4n) is 3.72. The zero-order valence-corrected chi connectivity index (χ0v) is 12.5. The predicted octanol–water partition coefficient (Wildman–Crippen LogP) is 2.59. The zero-order chi connectivity index (χ0) is 14.3. The Morgan fingerprint density at radius 3 is 2.48 bits per heavy atom. The van der Waals surface area contributed by atoms with Crippen molar-refractivity contribution in [2.24, 2.45) is 0 Å². The number of aryl methyl sites for hydroxylation is 1. The van der Waals surface area contributed by atoms with Gasteiger partial charge in [0.1, 0.15) is 11.6 Å². The number of nitrogens with zero attached hydrogens (tertiary/aromatic N) is 3. The molecule has 4 rings (SSSR count). The molecule has 1 aromatic heterocycles. The molecule has 2 fully saturated rings. The van der Waals surface area contributed by atoms with Crippen LogP contribution in [0, 0.1) is 6.92 Å². The molecular formula is C17H22N4. The van der Waals surface area contributed by atoms with E-state index >= 15 is 0 Å². The number of nitrogens with one attached hydrogen (secondary N) is 1. The van der Waals surface area contributed by atoms with Crippen LogP contribution < -0.4 is 5.32 Å². The van der Waals surface area contributed by atoms with E-state index in [0.29, 0.717) is 6.04 Å². The minimum absolute atomic E-state index is 0.0242. The Kier molecular flexibility index (Phi) is 3.07. The van der Waals surface area contributed by atoms with Crippen LogP contribution in [0.5, 0.6) is 0 Å². The van der Waals surface area contributed by atoms with Crippen LogP contribution in [0.4, 0.5) is 0 Å². The Morgan fingerprint density at radius 1 is 1.10 bits per heavy atom. The monoisotopic (exact) mass is 282 g/mol. The van der Waals surface area contributed by atoms with Crippen LogP contribution in [0.3, 0.4) is 0 Å². The topological polar surface area (TPSA) is 42.7 Å².